The van der Waals surface area contributed by atoms with Gasteiger partial charge in [0.1, 0.15) is 5.04 Å². The highest BCUT2D eigenvalue weighted by Gasteiger charge is 2.20. The van der Waals surface area contributed by atoms with Crippen LogP contribution in [0.3, 0.4) is 0 Å². The molecular weight excluding hydrogens is 380 g/mol. The Morgan fingerprint density at radius 1 is 1.26 bits per heavy atom. The predicted octanol–water partition coefficient (Wildman–Crippen LogP) is 5.43. The van der Waals surface area contributed by atoms with Crippen LogP contribution in [-0.4, -0.2) is 22.9 Å². The Hall–Kier alpha value is -2.64. The summed E-state index contributed by atoms with van der Waals surface area (Å²) < 4.78 is 5.04. The molecule has 0 saturated carbocycles. The first-order valence-electron chi connectivity index (χ1n) is 8.33. The normalized spacial score (nSPS) is 14.7. The first-order valence-corrected chi connectivity index (χ1v) is 10.0. The maximum absolute atomic E-state index is 11.9. The van der Waals surface area contributed by atoms with Gasteiger partial charge < -0.3 is 10.1 Å². The molecule has 0 radical (unpaired) electrons. The summed E-state index contributed by atoms with van der Waals surface area (Å²) in [7, 11) is 0. The molecule has 27 heavy (non-hydrogen) atoms. The minimum absolute atomic E-state index is 0.116. The van der Waals surface area contributed by atoms with Crippen molar-refractivity contribution < 1.29 is 14.3 Å². The fraction of sp³-hybridized carbons (Fsp3) is 0.150. The van der Waals surface area contributed by atoms with Crippen LogP contribution in [0.5, 0.6) is 0 Å². The smallest absolute Gasteiger partial charge is 0.373 e. The lowest BCUT2D eigenvalue weighted by Gasteiger charge is -2.04. The summed E-state index contributed by atoms with van der Waals surface area (Å²) in [4.78, 5) is 28.8. The van der Waals surface area contributed by atoms with Gasteiger partial charge in [0, 0.05) is 40.4 Å². The number of nitrogens with one attached hydrogen (secondary N) is 1. The highest BCUT2D eigenvalue weighted by molar-refractivity contribution is 8.26. The van der Waals surface area contributed by atoms with E-state index in [1.165, 1.54) is 6.92 Å². The molecule has 0 bridgehead atoms. The van der Waals surface area contributed by atoms with Crippen LogP contribution in [0.15, 0.2) is 58.4 Å². The largest absolute Gasteiger partial charge is 0.458 e. The molecule has 1 amide bonds. The molecule has 1 aliphatic rings. The topological polar surface area (TPSA) is 67.8 Å². The Bertz CT molecular complexity index is 927. The summed E-state index contributed by atoms with van der Waals surface area (Å²) in [6.45, 7) is 3.57. The first kappa shape index (κ1) is 19.1. The molecule has 0 atom stereocenters. The maximum atomic E-state index is 11.9. The summed E-state index contributed by atoms with van der Waals surface area (Å²) in [5.74, 6) is -0.116. The number of nitrogens with zero attached hydrogens (tertiary/aromatic N) is 1. The lowest BCUT2D eigenvalue weighted by Crippen LogP contribution is -2.05. The van der Waals surface area contributed by atoms with Gasteiger partial charge in [-0.05, 0) is 42.7 Å². The van der Waals surface area contributed by atoms with Crippen LogP contribution < -0.4 is 5.32 Å². The van der Waals surface area contributed by atoms with Crippen molar-refractivity contribution in [2.45, 2.75) is 13.8 Å². The van der Waals surface area contributed by atoms with Gasteiger partial charge in [0.2, 0.25) is 5.91 Å². The van der Waals surface area contributed by atoms with Crippen molar-refractivity contribution in [1.29, 1.82) is 0 Å². The number of anilines is 1. The Labute approximate surface area is 165 Å². The number of carbonyl (C=O) groups excluding carboxylic acids is 2. The third-order valence-electron chi connectivity index (χ3n) is 3.55. The monoisotopic (exact) mass is 398 g/mol. The van der Waals surface area contributed by atoms with E-state index in [9.17, 15) is 9.59 Å². The fourth-order valence-electron chi connectivity index (χ4n) is 2.43. The van der Waals surface area contributed by atoms with Gasteiger partial charge >= 0.3 is 5.30 Å². The predicted molar refractivity (Wildman–Crippen MR) is 113 cm³/mol. The average molecular weight is 399 g/mol. The van der Waals surface area contributed by atoms with Crippen molar-refractivity contribution >= 4 is 56.8 Å². The van der Waals surface area contributed by atoms with E-state index in [1.807, 2.05) is 53.9 Å². The molecule has 1 aromatic carbocycles. The van der Waals surface area contributed by atoms with Gasteiger partial charge in [-0.1, -0.05) is 18.2 Å². The third-order valence-corrected chi connectivity index (χ3v) is 5.17. The summed E-state index contributed by atoms with van der Waals surface area (Å²) >= 11 is 2.61. The third kappa shape index (κ3) is 5.18. The summed E-state index contributed by atoms with van der Waals surface area (Å²) in [6, 6.07) is 11.4. The van der Waals surface area contributed by atoms with Gasteiger partial charge in [-0.25, -0.2) is 9.79 Å². The molecule has 2 aromatic rings. The molecule has 1 aliphatic heterocycles. The standard InChI is InChI=1S/C20H18N2O3S2/c1-3-25-20(24)27-19-15(11-17-5-4-10-26-17)12-18(22-19)14-6-8-16(9-7-14)21-13(2)23/h4-12H,3H2,1-2H3,(H,21,23). The minimum Gasteiger partial charge on any atom is -0.458 e. The second-order valence-corrected chi connectivity index (χ2v) is 7.51. The number of ether oxygens (including phenoxy) is 1. The number of carbonyl (C=O) groups is 2. The van der Waals surface area contributed by atoms with Crippen LogP contribution in [-0.2, 0) is 9.53 Å². The number of thioether (sulfide) groups is 1. The number of hydrogen-bond acceptors (Lipinski definition) is 6. The highest BCUT2D eigenvalue weighted by Crippen LogP contribution is 2.33. The van der Waals surface area contributed by atoms with E-state index in [0.29, 0.717) is 11.7 Å². The lowest BCUT2D eigenvalue weighted by atomic mass is 10.1. The number of benzene rings is 1. The average Bonchev–Trinajstić information content (AvgIpc) is 3.26. The molecule has 5 nitrogen and oxygen atoms in total. The van der Waals surface area contributed by atoms with Gasteiger partial charge in [0.15, 0.2) is 0 Å². The van der Waals surface area contributed by atoms with Gasteiger partial charge in [0.05, 0.1) is 12.3 Å². The zero-order valence-corrected chi connectivity index (χ0v) is 16.5. The van der Waals surface area contributed by atoms with Gasteiger partial charge in [0.25, 0.3) is 0 Å². The zero-order valence-electron chi connectivity index (χ0n) is 14.9. The van der Waals surface area contributed by atoms with E-state index < -0.39 is 0 Å². The lowest BCUT2D eigenvalue weighted by molar-refractivity contribution is -0.114. The number of thiophene rings is 1. The molecule has 0 saturated heterocycles. The molecule has 3 rings (SSSR count). The zero-order chi connectivity index (χ0) is 19.2. The van der Waals surface area contributed by atoms with Crippen molar-refractivity contribution in [2.24, 2.45) is 4.99 Å². The van der Waals surface area contributed by atoms with E-state index in [0.717, 1.165) is 39.2 Å². The first-order chi connectivity index (χ1) is 13.0. The van der Waals surface area contributed by atoms with Crippen LogP contribution in [0.2, 0.25) is 0 Å². The molecular formula is C20H18N2O3S2. The van der Waals surface area contributed by atoms with Gasteiger partial charge in [-0.2, -0.15) is 0 Å². The van der Waals surface area contributed by atoms with Crippen LogP contribution >= 0.6 is 23.1 Å². The number of rotatable bonds is 4. The second kappa shape index (κ2) is 8.83. The van der Waals surface area contributed by atoms with Crippen LogP contribution in [0.25, 0.3) is 11.8 Å². The SMILES string of the molecule is CCOC(=O)SC1=NC(c2ccc(NC(C)=O)cc2)=CC1=Cc1cccs1. The van der Waals surface area contributed by atoms with Crippen molar-refractivity contribution in [1.82, 2.24) is 0 Å². The summed E-state index contributed by atoms with van der Waals surface area (Å²) in [5, 5.41) is 4.98. The number of hydrogen-bond donors (Lipinski definition) is 1. The van der Waals surface area contributed by atoms with E-state index in [4.69, 9.17) is 4.74 Å². The van der Waals surface area contributed by atoms with Crippen molar-refractivity contribution in [3.05, 3.63) is 63.9 Å². The van der Waals surface area contributed by atoms with Crippen molar-refractivity contribution in [2.75, 3.05) is 11.9 Å². The van der Waals surface area contributed by atoms with Crippen LogP contribution in [0, 0.1) is 0 Å². The molecule has 7 heteroatoms. The van der Waals surface area contributed by atoms with Gasteiger partial charge in [-0.15, -0.1) is 11.3 Å². The van der Waals surface area contributed by atoms with Gasteiger partial charge in [-0.3, -0.25) is 4.79 Å². The second-order valence-electron chi connectivity index (χ2n) is 5.61. The Morgan fingerprint density at radius 2 is 2.04 bits per heavy atom. The Morgan fingerprint density at radius 3 is 2.67 bits per heavy atom. The quantitative estimate of drug-likeness (QED) is 0.697. The molecule has 1 aromatic heterocycles. The number of allylic oxidation sites excluding steroid dienone is 1. The van der Waals surface area contributed by atoms with E-state index in [-0.39, 0.29) is 11.2 Å². The van der Waals surface area contributed by atoms with Crippen LogP contribution in [0.1, 0.15) is 24.3 Å². The molecule has 0 aliphatic carbocycles. The molecule has 0 spiro atoms. The van der Waals surface area contributed by atoms with E-state index in [2.05, 4.69) is 10.3 Å². The van der Waals surface area contributed by atoms with E-state index >= 15 is 0 Å². The Balaban J connectivity index is 1.88. The Kier molecular flexibility index (Phi) is 6.26. The van der Waals surface area contributed by atoms with Crippen molar-refractivity contribution in [3.63, 3.8) is 0 Å². The number of amides is 1. The summed E-state index contributed by atoms with van der Waals surface area (Å²) in [5.41, 5.74) is 3.26. The highest BCUT2D eigenvalue weighted by atomic mass is 32.2. The summed E-state index contributed by atoms with van der Waals surface area (Å²) in [6.07, 6.45) is 3.96. The minimum atomic E-state index is -0.371. The molecule has 2 heterocycles. The molecule has 138 valence electrons. The molecule has 1 N–H and O–H groups in total. The number of aliphatic imine (C=N–C) groups is 1. The van der Waals surface area contributed by atoms with Crippen LogP contribution in [0.4, 0.5) is 10.5 Å². The van der Waals surface area contributed by atoms with Crippen molar-refractivity contribution in [3.8, 4) is 0 Å². The molecule has 0 fully saturated rings. The maximum Gasteiger partial charge on any atom is 0.373 e. The fourth-order valence-corrected chi connectivity index (χ4v) is 3.81. The molecule has 0 unspecified atom stereocenters. The van der Waals surface area contributed by atoms with E-state index in [1.54, 1.807) is 18.3 Å².